The summed E-state index contributed by atoms with van der Waals surface area (Å²) in [5.74, 6) is -19.0. The van der Waals surface area contributed by atoms with Gasteiger partial charge in [-0.15, -0.1) is 0 Å². The zero-order chi connectivity index (χ0) is 63.1. The van der Waals surface area contributed by atoms with E-state index in [1.165, 1.54) is 46.4 Å². The van der Waals surface area contributed by atoms with Crippen molar-refractivity contribution in [3.05, 3.63) is 54.2 Å². The van der Waals surface area contributed by atoms with Crippen molar-refractivity contribution in [2.45, 2.75) is 147 Å². The van der Waals surface area contributed by atoms with Crippen LogP contribution in [-0.4, -0.2) is 179 Å². The Morgan fingerprint density at radius 2 is 1.05 bits per heavy atom. The second kappa shape index (κ2) is 32.8. The Morgan fingerprint density at radius 3 is 1.58 bits per heavy atom. The number of H-pyrrole nitrogens is 2. The van der Waals surface area contributed by atoms with Gasteiger partial charge >= 0.3 is 23.9 Å². The summed E-state index contributed by atoms with van der Waals surface area (Å²) < 4.78 is 0. The summed E-state index contributed by atoms with van der Waals surface area (Å²) in [6, 6.07) is -7.90. The average Bonchev–Trinajstić information content (AvgIpc) is 3.77. The smallest absolute Gasteiger partial charge is 0.326 e. The molecule has 0 bridgehead atoms. The molecule has 460 valence electrons. The molecule has 0 fully saturated rings. The van der Waals surface area contributed by atoms with Crippen molar-refractivity contribution in [3.63, 3.8) is 0 Å². The number of benzene rings is 1. The van der Waals surface area contributed by atoms with Gasteiger partial charge in [0.2, 0.25) is 59.1 Å². The fourth-order valence-electron chi connectivity index (χ4n) is 8.28. The van der Waals surface area contributed by atoms with Crippen molar-refractivity contribution >= 4 is 93.9 Å². The number of carboxylic acid groups (broad SMARTS) is 4. The first-order chi connectivity index (χ1) is 39.4. The number of nitrogens with zero attached hydrogens (tertiary/aromatic N) is 1. The highest BCUT2D eigenvalue weighted by atomic mass is 16.4. The van der Waals surface area contributed by atoms with Crippen LogP contribution in [0.5, 0.6) is 0 Å². The number of nitrogens with two attached hydrogens (primary N) is 2. The fraction of sp³-hybridized carbons (Fsp3) is 0.519. The maximum Gasteiger partial charge on any atom is 0.326 e. The molecule has 3 aromatic rings. The molecule has 0 spiro atoms. The highest BCUT2D eigenvalue weighted by Gasteiger charge is 2.37. The molecule has 0 aliphatic heterocycles. The van der Waals surface area contributed by atoms with Gasteiger partial charge < -0.3 is 89.7 Å². The van der Waals surface area contributed by atoms with E-state index in [0.29, 0.717) is 22.2 Å². The second-order valence-electron chi connectivity index (χ2n) is 20.5. The van der Waals surface area contributed by atoms with Gasteiger partial charge in [0, 0.05) is 48.3 Å². The van der Waals surface area contributed by atoms with E-state index in [0.717, 1.165) is 0 Å². The zero-order valence-electron chi connectivity index (χ0n) is 46.9. The number of primary amides is 1. The topological polar surface area (TPSA) is 525 Å². The number of hydrogen-bond acceptors (Lipinski definition) is 16. The maximum absolute atomic E-state index is 14.1. The summed E-state index contributed by atoms with van der Waals surface area (Å²) in [4.78, 5) is 192. The van der Waals surface area contributed by atoms with Gasteiger partial charge in [-0.1, -0.05) is 66.2 Å². The van der Waals surface area contributed by atoms with E-state index >= 15 is 0 Å². The lowest BCUT2D eigenvalue weighted by Crippen LogP contribution is -2.61. The lowest BCUT2D eigenvalue weighted by atomic mass is 9.97. The second-order valence-corrected chi connectivity index (χ2v) is 20.5. The van der Waals surface area contributed by atoms with E-state index in [2.05, 4.69) is 62.8 Å². The molecule has 2 aromatic heterocycles. The molecule has 0 radical (unpaired) electrons. The van der Waals surface area contributed by atoms with Crippen LogP contribution in [-0.2, 0) is 80.0 Å². The lowest BCUT2D eigenvalue weighted by molar-refractivity contribution is -0.147. The summed E-state index contributed by atoms with van der Waals surface area (Å²) in [5.41, 5.74) is 12.9. The number of aromatic amines is 2. The number of aliphatic carboxylic acids is 4. The van der Waals surface area contributed by atoms with Gasteiger partial charge in [0.15, 0.2) is 0 Å². The molecule has 1 aromatic carbocycles. The van der Waals surface area contributed by atoms with Crippen LogP contribution in [0.1, 0.15) is 91.3 Å². The number of imidazole rings is 1. The molecule has 3 rings (SSSR count). The third kappa shape index (κ3) is 22.1. The number of fused-ring (bicyclic) bond motifs is 1. The van der Waals surface area contributed by atoms with Gasteiger partial charge in [-0.05, 0) is 35.8 Å². The minimum absolute atomic E-state index is 0.0347. The summed E-state index contributed by atoms with van der Waals surface area (Å²) in [6.07, 6.45) is 0.101. The Kier molecular flexibility index (Phi) is 26.9. The van der Waals surface area contributed by atoms with Crippen LogP contribution in [0.3, 0.4) is 0 Å². The van der Waals surface area contributed by atoms with Gasteiger partial charge in [-0.25, -0.2) is 9.78 Å². The number of carbonyl (C=O) groups excluding carboxylic acids is 10. The van der Waals surface area contributed by atoms with Crippen LogP contribution in [0.25, 0.3) is 10.9 Å². The molecular weight excluding hydrogens is 1110 g/mol. The van der Waals surface area contributed by atoms with E-state index in [9.17, 15) is 87.5 Å². The zero-order valence-corrected chi connectivity index (χ0v) is 46.9. The predicted octanol–water partition coefficient (Wildman–Crippen LogP) is -3.87. The van der Waals surface area contributed by atoms with E-state index in [1.54, 1.807) is 38.1 Å². The minimum Gasteiger partial charge on any atom is -0.481 e. The summed E-state index contributed by atoms with van der Waals surface area (Å²) in [5, 5.41) is 59.9. The molecule has 19 N–H and O–H groups in total. The first-order valence-electron chi connectivity index (χ1n) is 26.6. The molecule has 32 heteroatoms. The molecule has 0 saturated heterocycles. The molecule has 10 atom stereocenters. The third-order valence-corrected chi connectivity index (χ3v) is 13.1. The quantitative estimate of drug-likeness (QED) is 0.0265. The summed E-state index contributed by atoms with van der Waals surface area (Å²) in [7, 11) is 0. The molecule has 0 saturated carbocycles. The molecule has 0 aliphatic rings. The minimum atomic E-state index is -1.98. The molecule has 0 aliphatic carbocycles. The number of para-hydroxylation sites is 1. The standard InChI is InChI=1S/C52H74N14O18/c1-7-25(6)43(64-37(68)21-57-49(80)41(23(2)3)65-48(79)34(17-39(71)72)60-44(75)29(53)15-27-20-55-22-58-27)51(82)59-31(12-13-36(54)67)45(76)66-42(24(4)5)50(81)62-33(16-38(69)70)47(78)61-32(46(77)63-35(52(83)84)18-40(73)74)14-26-19-56-30-11-9-8-10-28(26)30/h8-11,19-20,22-25,29,31-35,41-43,56H,7,12-18,21,53H2,1-6H3,(H2,54,67)(H,55,58)(H,57,80)(H,59,82)(H,60,75)(H,61,78)(H,62,81)(H,63,77)(H,64,68)(H,65,79)(H,66,76)(H,69,70)(H,71,72)(H,73,74)(H,83,84)/t25-,29-,31-,32-,33-,34-,35-,41-,42-,43-/m0/s1. The predicted molar refractivity (Wildman–Crippen MR) is 293 cm³/mol. The highest BCUT2D eigenvalue weighted by Crippen LogP contribution is 2.20. The van der Waals surface area contributed by atoms with Crippen molar-refractivity contribution in [1.82, 2.24) is 62.8 Å². The molecule has 2 heterocycles. The first kappa shape index (κ1) is 68.8. The van der Waals surface area contributed by atoms with Gasteiger partial charge in [0.05, 0.1) is 38.2 Å². The molecule has 32 nitrogen and oxygen atoms in total. The van der Waals surface area contributed by atoms with Crippen LogP contribution in [0.4, 0.5) is 0 Å². The normalized spacial score (nSPS) is 14.7. The van der Waals surface area contributed by atoms with Crippen LogP contribution in [0.15, 0.2) is 43.0 Å². The van der Waals surface area contributed by atoms with Gasteiger partial charge in [0.25, 0.3) is 0 Å². The van der Waals surface area contributed by atoms with E-state index in [1.807, 2.05) is 0 Å². The number of hydrogen-bond donors (Lipinski definition) is 17. The van der Waals surface area contributed by atoms with Crippen molar-refractivity contribution < 1.29 is 87.5 Å². The van der Waals surface area contributed by atoms with Crippen molar-refractivity contribution in [2.24, 2.45) is 29.2 Å². The highest BCUT2D eigenvalue weighted by molar-refractivity contribution is 6.00. The third-order valence-electron chi connectivity index (χ3n) is 13.1. The number of carboxylic acids is 4. The number of carbonyl (C=O) groups is 14. The monoisotopic (exact) mass is 1180 g/mol. The van der Waals surface area contributed by atoms with Gasteiger partial charge in [-0.2, -0.15) is 0 Å². The van der Waals surface area contributed by atoms with E-state index < -0.39 is 194 Å². The van der Waals surface area contributed by atoms with E-state index in [4.69, 9.17) is 11.5 Å². The Morgan fingerprint density at radius 1 is 0.560 bits per heavy atom. The SMILES string of the molecule is CC[C@H](C)[C@H](NC(=O)CNC(=O)[C@@H](NC(=O)[C@H](CC(=O)O)NC(=O)[C@@H](N)Cc1cnc[nH]1)C(C)C)C(=O)N[C@@H](CCC(N)=O)C(=O)N[C@H](C(=O)N[C@@H](CC(=O)O)C(=O)N[C@@H](Cc1c[nH]c2ccccc12)C(=O)N[C@@H](CC(=O)O)C(=O)O)C(C)C. The van der Waals surface area contributed by atoms with Crippen molar-refractivity contribution in [2.75, 3.05) is 6.54 Å². The number of nitrogens with one attached hydrogen (secondary N) is 11. The van der Waals surface area contributed by atoms with Crippen LogP contribution in [0.2, 0.25) is 0 Å². The van der Waals surface area contributed by atoms with Crippen LogP contribution >= 0.6 is 0 Å². The lowest BCUT2D eigenvalue weighted by Gasteiger charge is -2.29. The van der Waals surface area contributed by atoms with E-state index in [-0.39, 0.29) is 19.3 Å². The number of rotatable bonds is 36. The van der Waals surface area contributed by atoms with Crippen LogP contribution in [0, 0.1) is 17.8 Å². The van der Waals surface area contributed by atoms with Gasteiger partial charge in [-0.3, -0.25) is 62.3 Å². The number of aromatic nitrogens is 3. The van der Waals surface area contributed by atoms with Crippen LogP contribution < -0.4 is 59.3 Å². The largest absolute Gasteiger partial charge is 0.481 e. The molecule has 10 amide bonds. The summed E-state index contributed by atoms with van der Waals surface area (Å²) in [6.45, 7) is 8.40. The molecule has 0 unspecified atom stereocenters. The van der Waals surface area contributed by atoms with Crippen molar-refractivity contribution in [1.29, 1.82) is 0 Å². The molecule has 84 heavy (non-hydrogen) atoms. The fourth-order valence-corrected chi connectivity index (χ4v) is 8.28. The Balaban J connectivity index is 1.79. The first-order valence-corrected chi connectivity index (χ1v) is 26.6. The Labute approximate surface area is 480 Å². The summed E-state index contributed by atoms with van der Waals surface area (Å²) >= 11 is 0. The maximum atomic E-state index is 14.1. The van der Waals surface area contributed by atoms with Crippen molar-refractivity contribution in [3.8, 4) is 0 Å². The molecular formula is C52H74N14O18. The Bertz CT molecular complexity index is 2870. The number of amides is 10. The van der Waals surface area contributed by atoms with Gasteiger partial charge in [0.1, 0.15) is 48.3 Å². The average molecular weight is 1180 g/mol. The Hall–Kier alpha value is -9.49.